The van der Waals surface area contributed by atoms with Crippen molar-refractivity contribution in [2.75, 3.05) is 23.9 Å². The maximum Gasteiger partial charge on any atom is 1.00 e. The van der Waals surface area contributed by atoms with Gasteiger partial charge in [-0.2, -0.15) is 8.42 Å². The summed E-state index contributed by atoms with van der Waals surface area (Å²) in [6.07, 6.45) is 0.640. The Labute approximate surface area is 256 Å². The van der Waals surface area contributed by atoms with E-state index in [2.05, 4.69) is 20.8 Å². The number of carbonyl (C=O) groups is 2. The molecule has 0 radical (unpaired) electrons. The van der Waals surface area contributed by atoms with Gasteiger partial charge in [0.2, 0.25) is 5.91 Å². The number of aromatic nitrogens is 2. The van der Waals surface area contributed by atoms with Gasteiger partial charge in [0.15, 0.2) is 4.34 Å². The van der Waals surface area contributed by atoms with E-state index in [1.807, 2.05) is 6.92 Å². The molecule has 18 heteroatoms. The van der Waals surface area contributed by atoms with E-state index < -0.39 is 33.4 Å². The zero-order valence-electron chi connectivity index (χ0n) is 20.3. The summed E-state index contributed by atoms with van der Waals surface area (Å²) in [6.45, 7) is 2.13. The van der Waals surface area contributed by atoms with Crippen LogP contribution in [0.4, 0.5) is 0 Å². The Bertz CT molecular complexity index is 993. The van der Waals surface area contributed by atoms with E-state index >= 15 is 0 Å². The van der Waals surface area contributed by atoms with Crippen LogP contribution in [0.25, 0.3) is 0 Å². The molecule has 0 aliphatic carbocycles. The van der Waals surface area contributed by atoms with E-state index in [9.17, 15) is 23.1 Å². The first-order chi connectivity index (χ1) is 14.5. The van der Waals surface area contributed by atoms with Crippen molar-refractivity contribution in [3.63, 3.8) is 0 Å². The summed E-state index contributed by atoms with van der Waals surface area (Å²) in [5.74, 6) is -1.16. The monoisotopic (exact) mass is 575 g/mol. The normalized spacial score (nSPS) is 24.1. The predicted octanol–water partition coefficient (Wildman–Crippen LogP) is -5.52. The first kappa shape index (κ1) is 32.0. The third-order valence-electron chi connectivity index (χ3n) is 4.72. The van der Waals surface area contributed by atoms with Crippen molar-refractivity contribution in [2.24, 2.45) is 5.41 Å². The Kier molecular flexibility index (Phi) is 13.1. The number of carboxylic acid groups (broad SMARTS) is 1. The third kappa shape index (κ3) is 8.23. The molecule has 0 aromatic carbocycles. The second kappa shape index (κ2) is 13.5. The first-order valence-electron chi connectivity index (χ1n) is 9.10. The number of nitrogens with zero attached hydrogens (tertiary/aromatic N) is 3. The minimum atomic E-state index is -4.12. The smallest absolute Gasteiger partial charge is 1.00 e. The fourth-order valence-corrected chi connectivity index (χ4v) is 7.25. The van der Waals surface area contributed by atoms with E-state index in [0.29, 0.717) is 26.5 Å². The minimum absolute atomic E-state index is 0. The summed E-state index contributed by atoms with van der Waals surface area (Å²) in [4.78, 5) is 26.8. The number of β-lactam (4-membered cyclic amide) rings is 1. The fourth-order valence-electron chi connectivity index (χ4n) is 3.04. The Morgan fingerprint density at radius 3 is 2.73 bits per heavy atom. The van der Waals surface area contributed by atoms with Crippen molar-refractivity contribution in [1.29, 1.82) is 0 Å². The van der Waals surface area contributed by atoms with Crippen LogP contribution in [0.2, 0.25) is 0 Å². The molecule has 2 saturated heterocycles. The number of fused-ring (bicyclic) bond motifs is 1. The summed E-state index contributed by atoms with van der Waals surface area (Å²) in [6, 6.07) is -0.405. The maximum atomic E-state index is 12.5. The van der Waals surface area contributed by atoms with E-state index in [4.69, 9.17) is 16.8 Å². The molecule has 1 amide bonds. The van der Waals surface area contributed by atoms with E-state index in [0.717, 1.165) is 0 Å². The summed E-state index contributed by atoms with van der Waals surface area (Å²) in [5.41, 5.74) is -1.12. The number of amides is 1. The van der Waals surface area contributed by atoms with Crippen LogP contribution < -0.4 is 69.7 Å². The largest absolute Gasteiger partial charge is 1.00 e. The Hall–Kier alpha value is 0.960. The molecule has 0 bridgehead atoms. The van der Waals surface area contributed by atoms with Gasteiger partial charge in [-0.25, -0.2) is 0 Å². The van der Waals surface area contributed by atoms with Crippen LogP contribution >= 0.6 is 47.1 Å². The van der Waals surface area contributed by atoms with E-state index in [1.54, 1.807) is 4.90 Å². The van der Waals surface area contributed by atoms with Gasteiger partial charge in [-0.15, -0.1) is 22.0 Å². The molecule has 0 saturated carbocycles. The molecule has 1 aromatic rings. The average molecular weight is 576 g/mol. The Balaban J connectivity index is 0. The van der Waals surface area contributed by atoms with E-state index in [-0.39, 0.29) is 92.1 Å². The molecule has 2 aliphatic heterocycles. The summed E-state index contributed by atoms with van der Waals surface area (Å²) < 4.78 is 30.7. The van der Waals surface area contributed by atoms with Crippen LogP contribution in [-0.2, 0) is 26.3 Å². The number of carboxylic acids is 1. The zero-order valence-corrected chi connectivity index (χ0v) is 26.4. The fraction of sp³-hybridized carbons (Fsp3) is 0.667. The van der Waals surface area contributed by atoms with Crippen LogP contribution in [0.3, 0.4) is 0 Å². The number of carbonyl (C=O) groups excluding carboxylic acids is 1. The molecule has 11 nitrogen and oxygen atoms in total. The zero-order chi connectivity index (χ0) is 22.8. The molecular weight excluding hydrogens is 553 g/mol. The number of thiocarbonyl (C=S) groups is 1. The second-order valence-corrected chi connectivity index (χ2v) is 12.4. The molecule has 1 aromatic heterocycles. The molecule has 3 heterocycles. The molecule has 2 fully saturated rings. The SMILES string of the molecule is CCC(=S)NC1C(=O)N2CC(CSc3nnc(CNCS(=O)(=O)O)s3)(C(=O)O)CS[C@H]12.[H-].[H-].[Na+].[Na+]. The van der Waals surface area contributed by atoms with Gasteiger partial charge in [0.05, 0.1) is 11.5 Å². The predicted molar refractivity (Wildman–Crippen MR) is 124 cm³/mol. The van der Waals surface area contributed by atoms with Crippen LogP contribution in [0.15, 0.2) is 4.34 Å². The number of hydrogen-bond acceptors (Lipinski definition) is 11. The first-order valence-corrected chi connectivity index (χ1v) is 14.0. The molecule has 2 aliphatic rings. The standard InChI is InChI=1S/C15H21N5O6S5.2Na.2H/c1-2-8(27)17-10-11(21)20-4-15(13(22)23,5-28-12(10)20)6-29-14-19-18-9(30-14)3-16-7-31(24,25)26;;;;/h10,12,16H,2-7H2,1H3,(H,17,27)(H,22,23)(H,24,25,26);;;;/q;2*+1;2*-1/t10?,12-,15?;;;;/m1..../s1. The molecule has 0 spiro atoms. The van der Waals surface area contributed by atoms with Crippen molar-refractivity contribution < 1.29 is 89.6 Å². The number of thioether (sulfide) groups is 2. The van der Waals surface area contributed by atoms with Gasteiger partial charge in [0.25, 0.3) is 10.1 Å². The molecule has 33 heavy (non-hydrogen) atoms. The number of hydrogen-bond donors (Lipinski definition) is 4. The Morgan fingerprint density at radius 1 is 1.42 bits per heavy atom. The van der Waals surface area contributed by atoms with Gasteiger partial charge in [-0.05, 0) is 6.42 Å². The van der Waals surface area contributed by atoms with Crippen LogP contribution in [-0.4, -0.2) is 85.4 Å². The van der Waals surface area contributed by atoms with Gasteiger partial charge < -0.3 is 18.2 Å². The summed E-state index contributed by atoms with van der Waals surface area (Å²) in [5, 5.41) is 23.8. The molecule has 2 unspecified atom stereocenters. The molecule has 176 valence electrons. The topological polar surface area (TPSA) is 162 Å². The van der Waals surface area contributed by atoms with Crippen LogP contribution in [0.1, 0.15) is 21.2 Å². The van der Waals surface area contributed by atoms with Gasteiger partial charge in [0, 0.05) is 18.1 Å². The van der Waals surface area contributed by atoms with Crippen molar-refractivity contribution in [1.82, 2.24) is 25.7 Å². The number of nitrogens with one attached hydrogen (secondary N) is 2. The van der Waals surface area contributed by atoms with Gasteiger partial charge in [0.1, 0.15) is 27.7 Å². The summed E-state index contributed by atoms with van der Waals surface area (Å²) in [7, 11) is -4.12. The van der Waals surface area contributed by atoms with Crippen molar-refractivity contribution >= 4 is 74.1 Å². The summed E-state index contributed by atoms with van der Waals surface area (Å²) >= 11 is 9.04. The molecular formula is C15H23N5Na2O6S5. The van der Waals surface area contributed by atoms with Crippen molar-refractivity contribution in [3.8, 4) is 0 Å². The van der Waals surface area contributed by atoms with Gasteiger partial charge in [-0.3, -0.25) is 19.5 Å². The number of aliphatic carboxylic acids is 1. The maximum absolute atomic E-state index is 12.5. The minimum Gasteiger partial charge on any atom is -1.00 e. The van der Waals surface area contributed by atoms with E-state index in [1.165, 1.54) is 34.9 Å². The molecule has 3 rings (SSSR count). The average Bonchev–Trinajstić information content (AvgIpc) is 3.16. The van der Waals surface area contributed by atoms with Gasteiger partial charge in [-0.1, -0.05) is 42.2 Å². The van der Waals surface area contributed by atoms with Crippen molar-refractivity contribution in [3.05, 3.63) is 5.01 Å². The Morgan fingerprint density at radius 2 is 2.12 bits per heavy atom. The molecule has 4 N–H and O–H groups in total. The third-order valence-corrected chi connectivity index (χ3v) is 9.63. The molecule has 3 atom stereocenters. The number of rotatable bonds is 10. The van der Waals surface area contributed by atoms with Gasteiger partial charge >= 0.3 is 65.1 Å². The quantitative estimate of drug-likeness (QED) is 0.0688. The van der Waals surface area contributed by atoms with Crippen molar-refractivity contribution in [2.45, 2.75) is 35.6 Å². The second-order valence-electron chi connectivity index (χ2n) is 7.06. The van der Waals surface area contributed by atoms with Crippen LogP contribution in [0, 0.1) is 5.41 Å². The van der Waals surface area contributed by atoms with Crippen LogP contribution in [0.5, 0.6) is 0 Å².